The molecule has 0 atom stereocenters. The summed E-state index contributed by atoms with van der Waals surface area (Å²) in [5.74, 6) is 1.75. The number of oxazole rings is 1. The summed E-state index contributed by atoms with van der Waals surface area (Å²) >= 11 is 0. The molecule has 7 rings (SSSR count). The number of ether oxygens (including phenoxy) is 2. The number of nitriles is 1. The van der Waals surface area contributed by atoms with Gasteiger partial charge in [-0.2, -0.15) is 10.4 Å². The summed E-state index contributed by atoms with van der Waals surface area (Å²) in [7, 11) is 3.28. The van der Waals surface area contributed by atoms with E-state index in [2.05, 4.69) is 22.0 Å². The van der Waals surface area contributed by atoms with Gasteiger partial charge >= 0.3 is 0 Å². The maximum atomic E-state index is 11.4. The average molecular weight is 600 g/mol. The van der Waals surface area contributed by atoms with Gasteiger partial charge in [-0.3, -0.25) is 9.69 Å². The van der Waals surface area contributed by atoms with Crippen LogP contribution in [-0.4, -0.2) is 64.5 Å². The van der Waals surface area contributed by atoms with E-state index in [1.807, 2.05) is 60.3 Å². The van der Waals surface area contributed by atoms with Crippen LogP contribution in [0.4, 0.5) is 0 Å². The Hall–Kier alpha value is -5.50. The number of aromatic nitrogens is 3. The minimum Gasteiger partial charge on any atom is -0.496 e. The molecule has 1 N–H and O–H groups in total. The van der Waals surface area contributed by atoms with Gasteiger partial charge < -0.3 is 19.0 Å². The van der Waals surface area contributed by atoms with Crippen molar-refractivity contribution in [2.75, 3.05) is 27.3 Å². The molecule has 45 heavy (non-hydrogen) atoms. The van der Waals surface area contributed by atoms with Crippen molar-refractivity contribution in [2.24, 2.45) is 0 Å². The number of hydrogen-bond donors (Lipinski definition) is 1. The van der Waals surface area contributed by atoms with E-state index in [1.165, 1.54) is 6.07 Å². The SMILES string of the molecule is COc1cc(-n2ncc3c(-c4cccc(-c5nc6cc(C=O)cc(C#N)c6o5)c4C)cccc32)cc(OC)c1CN1CC(O)C1. The molecule has 0 bridgehead atoms. The summed E-state index contributed by atoms with van der Waals surface area (Å²) < 4.78 is 19.5. The highest BCUT2D eigenvalue weighted by atomic mass is 16.5. The Kier molecular flexibility index (Phi) is 7.04. The van der Waals surface area contributed by atoms with E-state index in [1.54, 1.807) is 20.3 Å². The van der Waals surface area contributed by atoms with Crippen molar-refractivity contribution >= 4 is 28.3 Å². The standard InChI is InChI=1S/C35H29N5O5/c1-20-25(6-4-7-26(20)35-38-30-11-21(19-41)10-22(14-36)34(30)45-35)27-8-5-9-31-28(27)15-37-40(31)23-12-32(43-2)29(33(13-23)44-3)18-39-16-24(42)17-39/h4-13,15,19,24,42H,16-18H2,1-3H3. The molecule has 6 aromatic rings. The second kappa shape index (κ2) is 11.2. The van der Waals surface area contributed by atoms with Gasteiger partial charge in [0.2, 0.25) is 5.89 Å². The fourth-order valence-electron chi connectivity index (χ4n) is 6.12. The van der Waals surface area contributed by atoms with Crippen LogP contribution in [0.5, 0.6) is 11.5 Å². The number of hydrogen-bond acceptors (Lipinski definition) is 9. The number of likely N-dealkylation sites (tertiary alicyclic amines) is 1. The van der Waals surface area contributed by atoms with Crippen molar-refractivity contribution in [3.05, 3.63) is 89.1 Å². The molecule has 0 spiro atoms. The van der Waals surface area contributed by atoms with Crippen LogP contribution in [0.3, 0.4) is 0 Å². The number of benzene rings is 4. The molecule has 1 fully saturated rings. The summed E-state index contributed by atoms with van der Waals surface area (Å²) in [5.41, 5.74) is 7.76. The van der Waals surface area contributed by atoms with E-state index >= 15 is 0 Å². The number of rotatable bonds is 8. The second-order valence-electron chi connectivity index (χ2n) is 11.1. The first kappa shape index (κ1) is 28.3. The fourth-order valence-corrected chi connectivity index (χ4v) is 6.12. The van der Waals surface area contributed by atoms with Crippen molar-refractivity contribution < 1.29 is 23.8 Å². The first-order valence-electron chi connectivity index (χ1n) is 14.4. The number of nitrogens with zero attached hydrogens (tertiary/aromatic N) is 5. The Morgan fingerprint density at radius 2 is 1.76 bits per heavy atom. The van der Waals surface area contributed by atoms with Gasteiger partial charge in [0.15, 0.2) is 5.58 Å². The molecule has 4 aromatic carbocycles. The molecule has 1 aliphatic heterocycles. The molecule has 10 heteroatoms. The van der Waals surface area contributed by atoms with E-state index in [-0.39, 0.29) is 11.7 Å². The molecular weight excluding hydrogens is 570 g/mol. The van der Waals surface area contributed by atoms with Gasteiger partial charge in [-0.15, -0.1) is 0 Å². The molecule has 0 amide bonds. The van der Waals surface area contributed by atoms with Crippen LogP contribution in [-0.2, 0) is 6.54 Å². The van der Waals surface area contributed by atoms with Crippen molar-refractivity contribution in [1.82, 2.24) is 19.7 Å². The summed E-state index contributed by atoms with van der Waals surface area (Å²) in [6.07, 6.45) is 2.25. The van der Waals surface area contributed by atoms with Gasteiger partial charge in [-0.1, -0.05) is 24.3 Å². The second-order valence-corrected chi connectivity index (χ2v) is 11.1. The molecule has 0 unspecified atom stereocenters. The predicted octanol–water partition coefficient (Wildman–Crippen LogP) is 5.69. The lowest BCUT2D eigenvalue weighted by Gasteiger charge is -2.36. The van der Waals surface area contributed by atoms with Crippen molar-refractivity contribution in [1.29, 1.82) is 5.26 Å². The number of methoxy groups -OCH3 is 2. The molecule has 3 heterocycles. The Labute approximate surface area is 258 Å². The molecule has 0 saturated carbocycles. The number of carbonyl (C=O) groups is 1. The van der Waals surface area contributed by atoms with E-state index < -0.39 is 0 Å². The zero-order valence-corrected chi connectivity index (χ0v) is 24.9. The lowest BCUT2D eigenvalue weighted by Crippen LogP contribution is -2.49. The third-order valence-corrected chi connectivity index (χ3v) is 8.39. The lowest BCUT2D eigenvalue weighted by molar-refractivity contribution is -0.00358. The topological polar surface area (TPSA) is 127 Å². The van der Waals surface area contributed by atoms with Gasteiger partial charge in [-0.25, -0.2) is 9.67 Å². The minimum atomic E-state index is -0.293. The van der Waals surface area contributed by atoms with Gasteiger partial charge in [0.25, 0.3) is 0 Å². The number of aliphatic hydroxyl groups excluding tert-OH is 1. The average Bonchev–Trinajstić information content (AvgIpc) is 3.68. The largest absolute Gasteiger partial charge is 0.496 e. The highest BCUT2D eigenvalue weighted by Gasteiger charge is 2.27. The first-order chi connectivity index (χ1) is 21.9. The Morgan fingerprint density at radius 3 is 2.44 bits per heavy atom. The van der Waals surface area contributed by atoms with Crippen LogP contribution in [0.25, 0.3) is 50.3 Å². The summed E-state index contributed by atoms with van der Waals surface area (Å²) in [6, 6.07) is 21.1. The van der Waals surface area contributed by atoms with Crippen LogP contribution < -0.4 is 9.47 Å². The van der Waals surface area contributed by atoms with Crippen LogP contribution in [0.15, 0.2) is 71.3 Å². The highest BCUT2D eigenvalue weighted by molar-refractivity contribution is 5.97. The summed E-state index contributed by atoms with van der Waals surface area (Å²) in [6.45, 7) is 3.86. The first-order valence-corrected chi connectivity index (χ1v) is 14.4. The van der Waals surface area contributed by atoms with Gasteiger partial charge in [0, 0.05) is 48.3 Å². The lowest BCUT2D eigenvalue weighted by atomic mass is 9.94. The fraction of sp³-hybridized carbons (Fsp3) is 0.200. The normalized spacial score (nSPS) is 13.6. The number of carbonyl (C=O) groups excluding carboxylic acids is 1. The quantitative estimate of drug-likeness (QED) is 0.220. The Morgan fingerprint density at radius 1 is 1.04 bits per heavy atom. The van der Waals surface area contributed by atoms with E-state index in [4.69, 9.17) is 19.0 Å². The van der Waals surface area contributed by atoms with E-state index in [0.29, 0.717) is 60.0 Å². The number of fused-ring (bicyclic) bond motifs is 2. The summed E-state index contributed by atoms with van der Waals surface area (Å²) in [5, 5.41) is 25.1. The Balaban J connectivity index is 1.30. The van der Waals surface area contributed by atoms with E-state index in [0.717, 1.165) is 44.4 Å². The highest BCUT2D eigenvalue weighted by Crippen LogP contribution is 2.39. The molecule has 10 nitrogen and oxygen atoms in total. The molecule has 0 aliphatic carbocycles. The van der Waals surface area contributed by atoms with Crippen molar-refractivity contribution in [3.63, 3.8) is 0 Å². The summed E-state index contributed by atoms with van der Waals surface area (Å²) in [4.78, 5) is 18.2. The van der Waals surface area contributed by atoms with Crippen molar-refractivity contribution in [3.8, 4) is 45.8 Å². The number of aldehydes is 1. The number of aliphatic hydroxyl groups is 1. The zero-order chi connectivity index (χ0) is 31.2. The Bertz CT molecular complexity index is 2130. The smallest absolute Gasteiger partial charge is 0.227 e. The molecule has 1 saturated heterocycles. The molecule has 0 radical (unpaired) electrons. The van der Waals surface area contributed by atoms with Crippen LogP contribution in [0, 0.1) is 18.3 Å². The van der Waals surface area contributed by atoms with Gasteiger partial charge in [0.1, 0.15) is 29.4 Å². The maximum Gasteiger partial charge on any atom is 0.227 e. The predicted molar refractivity (Wildman–Crippen MR) is 169 cm³/mol. The minimum absolute atomic E-state index is 0.264. The molecule has 2 aromatic heterocycles. The number of β-amino-alcohol motifs (C(OH)–C–C–N with tert-alkyl or cyclic N) is 1. The maximum absolute atomic E-state index is 11.4. The van der Waals surface area contributed by atoms with Crippen LogP contribution in [0.1, 0.15) is 27.0 Å². The van der Waals surface area contributed by atoms with Crippen LogP contribution >= 0.6 is 0 Å². The molecule has 224 valence electrons. The third-order valence-electron chi connectivity index (χ3n) is 8.39. The zero-order valence-electron chi connectivity index (χ0n) is 24.9. The monoisotopic (exact) mass is 599 g/mol. The van der Waals surface area contributed by atoms with Gasteiger partial charge in [0.05, 0.1) is 48.9 Å². The molecular formula is C35H29N5O5. The van der Waals surface area contributed by atoms with Gasteiger partial charge in [-0.05, 0) is 47.9 Å². The molecule has 1 aliphatic rings. The van der Waals surface area contributed by atoms with Crippen LogP contribution in [0.2, 0.25) is 0 Å². The van der Waals surface area contributed by atoms with Crippen molar-refractivity contribution in [2.45, 2.75) is 19.6 Å². The third kappa shape index (κ3) is 4.79. The van der Waals surface area contributed by atoms with E-state index in [9.17, 15) is 15.2 Å².